The maximum absolute atomic E-state index is 13.7. The van der Waals surface area contributed by atoms with Crippen molar-refractivity contribution >= 4 is 57.4 Å². The molecule has 2 aliphatic heterocycles. The smallest absolute Gasteiger partial charge is 0.267 e. The molecular formula is C27H29N5O3S2. The summed E-state index contributed by atoms with van der Waals surface area (Å²) < 4.78 is 7.34. The van der Waals surface area contributed by atoms with Gasteiger partial charge in [0, 0.05) is 44.1 Å². The molecule has 2 fully saturated rings. The third-order valence-corrected chi connectivity index (χ3v) is 8.03. The Labute approximate surface area is 225 Å². The molecule has 2 aromatic heterocycles. The number of anilines is 2. The van der Waals surface area contributed by atoms with Crippen LogP contribution in [0.25, 0.3) is 11.7 Å². The lowest BCUT2D eigenvalue weighted by Gasteiger charge is -2.37. The molecule has 2 aliphatic rings. The average Bonchev–Trinajstić information content (AvgIpc) is 3.18. The Kier molecular flexibility index (Phi) is 6.96. The van der Waals surface area contributed by atoms with E-state index in [1.54, 1.807) is 28.7 Å². The Balaban J connectivity index is 1.52. The minimum absolute atomic E-state index is 0.0534. The normalized spacial score (nSPS) is 17.5. The zero-order chi connectivity index (χ0) is 26.3. The third-order valence-electron chi connectivity index (χ3n) is 6.70. The molecule has 3 aromatic rings. The first-order valence-electron chi connectivity index (χ1n) is 12.2. The van der Waals surface area contributed by atoms with Crippen LogP contribution in [0, 0.1) is 6.92 Å². The van der Waals surface area contributed by atoms with Gasteiger partial charge in [-0.3, -0.25) is 18.9 Å². The van der Waals surface area contributed by atoms with Crippen LogP contribution in [0.4, 0.5) is 11.5 Å². The number of piperazine rings is 1. The number of methoxy groups -OCH3 is 1. The van der Waals surface area contributed by atoms with Crippen molar-refractivity contribution in [2.45, 2.75) is 26.8 Å². The van der Waals surface area contributed by atoms with E-state index in [4.69, 9.17) is 21.9 Å². The number of thiocarbonyl (C=S) groups is 1. The molecule has 0 N–H and O–H groups in total. The lowest BCUT2D eigenvalue weighted by atomic mass is 10.2. The Morgan fingerprint density at radius 1 is 1.05 bits per heavy atom. The largest absolute Gasteiger partial charge is 0.497 e. The number of pyridine rings is 1. The van der Waals surface area contributed by atoms with E-state index in [1.807, 2.05) is 45.0 Å². The van der Waals surface area contributed by atoms with E-state index < -0.39 is 0 Å². The number of carbonyl (C=O) groups excluding carboxylic acids is 1. The molecule has 5 rings (SSSR count). The lowest BCUT2D eigenvalue weighted by molar-refractivity contribution is -0.123. The highest BCUT2D eigenvalue weighted by Crippen LogP contribution is 2.35. The molecule has 0 bridgehead atoms. The number of nitrogens with zero attached hydrogens (tertiary/aromatic N) is 5. The highest BCUT2D eigenvalue weighted by atomic mass is 32.2. The SMILES string of the molecule is COc1ccc(N2CCN(c3nc4c(C)cccn4c(=O)c3/C=C3\SC(=S)N(C(C)C)C3=O)CC2)cc1. The predicted octanol–water partition coefficient (Wildman–Crippen LogP) is 3.95. The Hall–Kier alpha value is -3.37. The summed E-state index contributed by atoms with van der Waals surface area (Å²) >= 11 is 6.69. The van der Waals surface area contributed by atoms with Crippen LogP contribution in [0.2, 0.25) is 0 Å². The van der Waals surface area contributed by atoms with Gasteiger partial charge in [-0.1, -0.05) is 30.0 Å². The van der Waals surface area contributed by atoms with Gasteiger partial charge < -0.3 is 14.5 Å². The summed E-state index contributed by atoms with van der Waals surface area (Å²) in [6.07, 6.45) is 3.40. The van der Waals surface area contributed by atoms with Crippen molar-refractivity contribution < 1.29 is 9.53 Å². The summed E-state index contributed by atoms with van der Waals surface area (Å²) in [5.41, 5.74) is 2.86. The van der Waals surface area contributed by atoms with Crippen molar-refractivity contribution in [1.82, 2.24) is 14.3 Å². The van der Waals surface area contributed by atoms with E-state index in [-0.39, 0.29) is 17.5 Å². The third kappa shape index (κ3) is 4.71. The van der Waals surface area contributed by atoms with Crippen molar-refractivity contribution in [3.05, 3.63) is 69.0 Å². The molecule has 1 aromatic carbocycles. The fourth-order valence-corrected chi connectivity index (χ4v) is 6.20. The molecule has 0 radical (unpaired) electrons. The second-order valence-corrected chi connectivity index (χ2v) is 11.0. The van der Waals surface area contributed by atoms with Crippen LogP contribution in [0.5, 0.6) is 5.75 Å². The summed E-state index contributed by atoms with van der Waals surface area (Å²) in [4.78, 5) is 38.3. The van der Waals surface area contributed by atoms with E-state index in [9.17, 15) is 9.59 Å². The van der Waals surface area contributed by atoms with Crippen molar-refractivity contribution in [3.63, 3.8) is 0 Å². The first kappa shape index (κ1) is 25.3. The van der Waals surface area contributed by atoms with Crippen LogP contribution < -0.4 is 20.1 Å². The van der Waals surface area contributed by atoms with Gasteiger partial charge in [0.2, 0.25) is 0 Å². The number of fused-ring (bicyclic) bond motifs is 1. The Morgan fingerprint density at radius 3 is 2.35 bits per heavy atom. The molecule has 10 heteroatoms. The first-order valence-corrected chi connectivity index (χ1v) is 13.4. The van der Waals surface area contributed by atoms with Gasteiger partial charge in [-0.25, -0.2) is 4.98 Å². The Morgan fingerprint density at radius 2 is 1.73 bits per heavy atom. The monoisotopic (exact) mass is 535 g/mol. The van der Waals surface area contributed by atoms with E-state index in [2.05, 4.69) is 21.9 Å². The molecule has 8 nitrogen and oxygen atoms in total. The number of aromatic nitrogens is 2. The highest BCUT2D eigenvalue weighted by Gasteiger charge is 2.34. The summed E-state index contributed by atoms with van der Waals surface area (Å²) in [6.45, 7) is 8.72. The van der Waals surface area contributed by atoms with Crippen LogP contribution in [0.15, 0.2) is 52.3 Å². The van der Waals surface area contributed by atoms with Crippen molar-refractivity contribution in [3.8, 4) is 5.75 Å². The number of carbonyl (C=O) groups is 1. The summed E-state index contributed by atoms with van der Waals surface area (Å²) in [5.74, 6) is 1.25. The van der Waals surface area contributed by atoms with Crippen molar-refractivity contribution in [1.29, 1.82) is 0 Å². The number of amides is 1. The second-order valence-electron chi connectivity index (χ2n) is 9.36. The lowest BCUT2D eigenvalue weighted by Crippen LogP contribution is -2.47. The van der Waals surface area contributed by atoms with Gasteiger partial charge >= 0.3 is 0 Å². The topological polar surface area (TPSA) is 70.4 Å². The number of benzene rings is 1. The molecule has 37 heavy (non-hydrogen) atoms. The van der Waals surface area contributed by atoms with Crippen LogP contribution in [-0.2, 0) is 4.79 Å². The fourth-order valence-electron chi connectivity index (χ4n) is 4.69. The molecule has 0 saturated carbocycles. The predicted molar refractivity (Wildman–Crippen MR) is 154 cm³/mol. The summed E-state index contributed by atoms with van der Waals surface area (Å²) in [5, 5.41) is 0. The van der Waals surface area contributed by atoms with Crippen molar-refractivity contribution in [2.75, 3.05) is 43.1 Å². The van der Waals surface area contributed by atoms with Crippen LogP contribution in [0.3, 0.4) is 0 Å². The van der Waals surface area contributed by atoms with Crippen LogP contribution in [-0.4, -0.2) is 63.8 Å². The van der Waals surface area contributed by atoms with Gasteiger partial charge in [0.1, 0.15) is 21.5 Å². The molecule has 192 valence electrons. The van der Waals surface area contributed by atoms with Gasteiger partial charge in [0.15, 0.2) is 0 Å². The zero-order valence-electron chi connectivity index (χ0n) is 21.3. The number of hydrogen-bond acceptors (Lipinski definition) is 8. The minimum Gasteiger partial charge on any atom is -0.497 e. The molecule has 2 saturated heterocycles. The molecule has 0 atom stereocenters. The number of aryl methyl sites for hydroxylation is 1. The number of thioether (sulfide) groups is 1. The van der Waals surface area contributed by atoms with Crippen LogP contribution in [0.1, 0.15) is 25.0 Å². The van der Waals surface area contributed by atoms with Crippen LogP contribution >= 0.6 is 24.0 Å². The maximum atomic E-state index is 13.7. The van der Waals surface area contributed by atoms with Gasteiger partial charge in [-0.2, -0.15) is 0 Å². The molecule has 0 unspecified atom stereocenters. The fraction of sp³-hybridized carbons (Fsp3) is 0.333. The van der Waals surface area contributed by atoms with Gasteiger partial charge in [0.05, 0.1) is 17.6 Å². The van der Waals surface area contributed by atoms with E-state index in [0.29, 0.717) is 39.3 Å². The average molecular weight is 536 g/mol. The summed E-state index contributed by atoms with van der Waals surface area (Å²) in [6, 6.07) is 11.8. The second kappa shape index (κ2) is 10.2. The van der Waals surface area contributed by atoms with E-state index in [1.165, 1.54) is 11.8 Å². The minimum atomic E-state index is -0.198. The Bertz CT molecular complexity index is 1460. The highest BCUT2D eigenvalue weighted by molar-refractivity contribution is 8.26. The van der Waals surface area contributed by atoms with E-state index >= 15 is 0 Å². The standard InChI is InChI=1S/C27H29N5O3S2/c1-17(2)32-26(34)22(37-27(32)36)16-21-24(28-23-18(3)6-5-11-31(23)25(21)33)30-14-12-29(13-15-30)19-7-9-20(35-4)10-8-19/h5-11,16-17H,12-15H2,1-4H3/b22-16-. The number of ether oxygens (including phenoxy) is 1. The van der Waals surface area contributed by atoms with Gasteiger partial charge in [0.25, 0.3) is 11.5 Å². The quantitative estimate of drug-likeness (QED) is 0.359. The maximum Gasteiger partial charge on any atom is 0.267 e. The first-order chi connectivity index (χ1) is 17.8. The van der Waals surface area contributed by atoms with Gasteiger partial charge in [-0.15, -0.1) is 0 Å². The van der Waals surface area contributed by atoms with Crippen molar-refractivity contribution in [2.24, 2.45) is 0 Å². The van der Waals surface area contributed by atoms with Gasteiger partial charge in [-0.05, 0) is 62.7 Å². The zero-order valence-corrected chi connectivity index (χ0v) is 22.9. The summed E-state index contributed by atoms with van der Waals surface area (Å²) in [7, 11) is 1.66. The number of hydrogen-bond donors (Lipinski definition) is 0. The van der Waals surface area contributed by atoms with E-state index in [0.717, 1.165) is 30.1 Å². The number of rotatable bonds is 5. The molecular weight excluding hydrogens is 506 g/mol. The molecule has 0 aliphatic carbocycles. The molecule has 1 amide bonds. The molecule has 0 spiro atoms. The molecule has 4 heterocycles.